The van der Waals surface area contributed by atoms with Crippen LogP contribution in [0.2, 0.25) is 5.02 Å². The van der Waals surface area contributed by atoms with Gasteiger partial charge in [-0.2, -0.15) is 0 Å². The molecule has 0 amide bonds. The summed E-state index contributed by atoms with van der Waals surface area (Å²) in [4.78, 5) is 0.0684. The summed E-state index contributed by atoms with van der Waals surface area (Å²) in [7, 11) is -4.57. The zero-order valence-electron chi connectivity index (χ0n) is 10.7. The van der Waals surface area contributed by atoms with Gasteiger partial charge in [0.1, 0.15) is 0 Å². The number of nitrogens with one attached hydrogen (secondary N) is 1. The van der Waals surface area contributed by atoms with E-state index in [0.717, 1.165) is 0 Å². The average molecular weight is 325 g/mol. The predicted molar refractivity (Wildman–Crippen MR) is 79.2 cm³/mol. The van der Waals surface area contributed by atoms with Crippen molar-refractivity contribution in [3.05, 3.63) is 23.2 Å². The van der Waals surface area contributed by atoms with E-state index in [4.69, 9.17) is 17.3 Å². The number of nitrogen functional groups attached to an aromatic ring is 1. The number of hydrogen-bond donors (Lipinski definition) is 2. The van der Waals surface area contributed by atoms with Gasteiger partial charge < -0.3 is 5.73 Å². The molecule has 0 bridgehead atoms. The number of halogens is 1. The average Bonchev–Trinajstić information content (AvgIpc) is 2.29. The van der Waals surface area contributed by atoms with Crippen LogP contribution < -0.4 is 10.5 Å². The van der Waals surface area contributed by atoms with Crippen LogP contribution >= 0.6 is 11.6 Å². The topological polar surface area (TPSA) is 89.3 Å². The lowest BCUT2D eigenvalue weighted by atomic mass is 10.3. The number of hydrogen-bond acceptors (Lipinski definition) is 4. The van der Waals surface area contributed by atoms with Gasteiger partial charge in [0.15, 0.2) is 0 Å². The molecular formula is C11H17ClN2O3S2. The van der Waals surface area contributed by atoms with Gasteiger partial charge in [-0.25, -0.2) is 13.1 Å². The Kier molecular flexibility index (Phi) is 5.79. The minimum absolute atomic E-state index is 0.0684. The Morgan fingerprint density at radius 2 is 2.11 bits per heavy atom. The molecule has 0 aliphatic rings. The molecule has 3 N–H and O–H groups in total. The SMILES string of the molecule is CC(CCS(C)=O)NS(=O)(=O)c1ccc(Cl)c(N)c1. The Hall–Kier alpha value is -0.630. The van der Waals surface area contributed by atoms with E-state index < -0.39 is 20.8 Å². The van der Waals surface area contributed by atoms with Crippen LogP contribution in [-0.2, 0) is 20.8 Å². The minimum Gasteiger partial charge on any atom is -0.397 e. The highest BCUT2D eigenvalue weighted by molar-refractivity contribution is 7.89. The first-order valence-electron chi connectivity index (χ1n) is 5.60. The third kappa shape index (κ3) is 5.10. The highest BCUT2D eigenvalue weighted by Gasteiger charge is 2.18. The summed E-state index contributed by atoms with van der Waals surface area (Å²) in [6, 6.07) is 3.85. The lowest BCUT2D eigenvalue weighted by Crippen LogP contribution is -2.33. The molecule has 0 spiro atoms. The van der Waals surface area contributed by atoms with Crippen molar-refractivity contribution >= 4 is 38.1 Å². The lowest BCUT2D eigenvalue weighted by molar-refractivity contribution is 0.556. The van der Waals surface area contributed by atoms with Crippen molar-refractivity contribution in [2.24, 2.45) is 0 Å². The summed E-state index contributed by atoms with van der Waals surface area (Å²) >= 11 is 5.75. The molecule has 0 saturated carbocycles. The number of benzene rings is 1. The second-order valence-corrected chi connectivity index (χ2v) is 7.95. The summed E-state index contributed by atoms with van der Waals surface area (Å²) in [5, 5.41) is 0.313. The molecule has 0 aliphatic heterocycles. The number of anilines is 1. The van der Waals surface area contributed by atoms with Gasteiger partial charge in [-0.3, -0.25) is 4.21 Å². The van der Waals surface area contributed by atoms with E-state index in [0.29, 0.717) is 17.2 Å². The zero-order chi connectivity index (χ0) is 14.6. The Bertz CT molecular complexity index is 575. The van der Waals surface area contributed by atoms with Crippen LogP contribution in [-0.4, -0.2) is 30.7 Å². The molecule has 8 heteroatoms. The van der Waals surface area contributed by atoms with Gasteiger partial charge in [0.25, 0.3) is 0 Å². The van der Waals surface area contributed by atoms with Gasteiger partial charge in [-0.1, -0.05) is 11.6 Å². The van der Waals surface area contributed by atoms with E-state index in [1.807, 2.05) is 0 Å². The maximum absolute atomic E-state index is 12.1. The van der Waals surface area contributed by atoms with E-state index in [2.05, 4.69) is 4.72 Å². The second kappa shape index (κ2) is 6.69. The first kappa shape index (κ1) is 16.4. The molecule has 0 heterocycles. The molecule has 0 aromatic heterocycles. The van der Waals surface area contributed by atoms with E-state index in [1.165, 1.54) is 18.2 Å². The lowest BCUT2D eigenvalue weighted by Gasteiger charge is -2.14. The fourth-order valence-electron chi connectivity index (χ4n) is 1.42. The third-order valence-corrected chi connectivity index (χ3v) is 5.21. The van der Waals surface area contributed by atoms with Gasteiger partial charge in [0.2, 0.25) is 10.0 Å². The molecule has 2 atom stereocenters. The van der Waals surface area contributed by atoms with Gasteiger partial charge in [-0.05, 0) is 31.5 Å². The van der Waals surface area contributed by atoms with Gasteiger partial charge in [-0.15, -0.1) is 0 Å². The van der Waals surface area contributed by atoms with Crippen molar-refractivity contribution in [3.63, 3.8) is 0 Å². The summed E-state index contributed by atoms with van der Waals surface area (Å²) in [6.45, 7) is 1.73. The molecule has 0 radical (unpaired) electrons. The van der Waals surface area contributed by atoms with Gasteiger partial charge >= 0.3 is 0 Å². The number of sulfonamides is 1. The van der Waals surface area contributed by atoms with Crippen LogP contribution in [0.5, 0.6) is 0 Å². The quantitative estimate of drug-likeness (QED) is 0.773. The minimum atomic E-state index is -3.63. The van der Waals surface area contributed by atoms with E-state index in [1.54, 1.807) is 13.2 Å². The molecule has 1 aromatic rings. The van der Waals surface area contributed by atoms with Crippen LogP contribution in [0.4, 0.5) is 5.69 Å². The molecule has 19 heavy (non-hydrogen) atoms. The molecule has 5 nitrogen and oxygen atoms in total. The molecular weight excluding hydrogens is 308 g/mol. The van der Waals surface area contributed by atoms with E-state index >= 15 is 0 Å². The smallest absolute Gasteiger partial charge is 0.240 e. The normalized spacial score (nSPS) is 15.1. The zero-order valence-corrected chi connectivity index (χ0v) is 13.1. The maximum atomic E-state index is 12.1. The summed E-state index contributed by atoms with van der Waals surface area (Å²) in [6.07, 6.45) is 2.09. The third-order valence-electron chi connectivity index (χ3n) is 2.47. The Labute approximate surface area is 121 Å². The summed E-state index contributed by atoms with van der Waals surface area (Å²) < 4.78 is 37.6. The standard InChI is InChI=1S/C11H17ClN2O3S2/c1-8(5-6-18(2)15)14-19(16,17)9-3-4-10(12)11(13)7-9/h3-4,7-8,14H,5-6,13H2,1-2H3. The molecule has 2 unspecified atom stereocenters. The van der Waals surface area contributed by atoms with Crippen LogP contribution in [0.3, 0.4) is 0 Å². The number of rotatable bonds is 6. The summed E-state index contributed by atoms with van der Waals surface area (Å²) in [5.41, 5.74) is 5.80. The van der Waals surface area contributed by atoms with Crippen LogP contribution in [0, 0.1) is 0 Å². The predicted octanol–water partition coefficient (Wildman–Crippen LogP) is 1.36. The first-order valence-corrected chi connectivity index (χ1v) is 9.18. The fourth-order valence-corrected chi connectivity index (χ4v) is 3.54. The molecule has 0 saturated heterocycles. The molecule has 0 fully saturated rings. The van der Waals surface area contributed by atoms with Crippen molar-refractivity contribution < 1.29 is 12.6 Å². The molecule has 1 rings (SSSR count). The first-order chi connectivity index (χ1) is 8.72. The second-order valence-electron chi connectivity index (χ2n) is 4.27. The highest BCUT2D eigenvalue weighted by atomic mass is 35.5. The Morgan fingerprint density at radius 3 is 2.63 bits per heavy atom. The largest absolute Gasteiger partial charge is 0.397 e. The number of nitrogens with two attached hydrogens (primary N) is 1. The monoisotopic (exact) mass is 324 g/mol. The Morgan fingerprint density at radius 1 is 1.47 bits per heavy atom. The van der Waals surface area contributed by atoms with E-state index in [9.17, 15) is 12.6 Å². The van der Waals surface area contributed by atoms with Crippen LogP contribution in [0.15, 0.2) is 23.1 Å². The highest BCUT2D eigenvalue weighted by Crippen LogP contribution is 2.22. The maximum Gasteiger partial charge on any atom is 0.240 e. The van der Waals surface area contributed by atoms with E-state index in [-0.39, 0.29) is 16.6 Å². The van der Waals surface area contributed by atoms with Crippen LogP contribution in [0.1, 0.15) is 13.3 Å². The van der Waals surface area contributed by atoms with Crippen LogP contribution in [0.25, 0.3) is 0 Å². The van der Waals surface area contributed by atoms with Gasteiger partial charge in [0.05, 0.1) is 15.6 Å². The Balaban J connectivity index is 2.80. The van der Waals surface area contributed by atoms with Gasteiger partial charge in [0, 0.05) is 28.9 Å². The summed E-state index contributed by atoms with van der Waals surface area (Å²) in [5.74, 6) is 0.451. The van der Waals surface area contributed by atoms with Crippen molar-refractivity contribution in [3.8, 4) is 0 Å². The van der Waals surface area contributed by atoms with Crippen molar-refractivity contribution in [1.29, 1.82) is 0 Å². The molecule has 1 aromatic carbocycles. The fraction of sp³-hybridized carbons (Fsp3) is 0.455. The van der Waals surface area contributed by atoms with Crippen molar-refractivity contribution in [1.82, 2.24) is 4.72 Å². The van der Waals surface area contributed by atoms with Crippen molar-refractivity contribution in [2.75, 3.05) is 17.7 Å². The van der Waals surface area contributed by atoms with Crippen molar-refractivity contribution in [2.45, 2.75) is 24.3 Å². The molecule has 0 aliphatic carbocycles. The molecule has 108 valence electrons.